The van der Waals surface area contributed by atoms with E-state index >= 15 is 0 Å². The molecule has 1 fully saturated rings. The molecule has 26 heavy (non-hydrogen) atoms. The summed E-state index contributed by atoms with van der Waals surface area (Å²) in [6, 6.07) is 0. The summed E-state index contributed by atoms with van der Waals surface area (Å²) >= 11 is 0. The van der Waals surface area contributed by atoms with Gasteiger partial charge in [0.25, 0.3) is 5.91 Å². The fraction of sp³-hybridized carbons (Fsp3) is 0.500. The van der Waals surface area contributed by atoms with Gasteiger partial charge in [-0.3, -0.25) is 4.79 Å². The molecular weight excluding hydrogens is 335 g/mol. The number of hydrogen-bond acceptors (Lipinski definition) is 7. The Labute approximate surface area is 152 Å². The standard InChI is InChI=1S/C16H23BN6O3/c1-15(2)16(3,4)26-17(25-15)11-8-19-12(18)13(21-11)23-9-10(7-20-23)14(24)22(5)6/h7-9H,1-6H3,(H2,18,19). The average Bonchev–Trinajstić information content (AvgIpc) is 3.10. The van der Waals surface area contributed by atoms with Gasteiger partial charge in [-0.25, -0.2) is 14.6 Å². The third-order valence-electron chi connectivity index (χ3n) is 4.75. The minimum atomic E-state index is -0.662. The highest BCUT2D eigenvalue weighted by atomic mass is 16.7. The van der Waals surface area contributed by atoms with Gasteiger partial charge in [-0.2, -0.15) is 5.10 Å². The van der Waals surface area contributed by atoms with E-state index in [4.69, 9.17) is 15.0 Å². The smallest absolute Gasteiger partial charge is 0.398 e. The van der Waals surface area contributed by atoms with Crippen LogP contribution >= 0.6 is 0 Å². The Hall–Kier alpha value is -2.46. The highest BCUT2D eigenvalue weighted by Gasteiger charge is 2.52. The lowest BCUT2D eigenvalue weighted by Crippen LogP contribution is -2.41. The average molecular weight is 358 g/mol. The number of hydrogen-bond donors (Lipinski definition) is 1. The first-order chi connectivity index (χ1) is 12.0. The molecule has 3 rings (SSSR count). The SMILES string of the molecule is CN(C)C(=O)c1cnn(-c2nc(B3OC(C)(C)C(C)(C)O3)cnc2N)c1. The number of aromatic nitrogens is 4. The molecule has 0 saturated carbocycles. The molecule has 3 heterocycles. The molecule has 0 unspecified atom stereocenters. The van der Waals surface area contributed by atoms with Crippen molar-refractivity contribution in [2.45, 2.75) is 38.9 Å². The van der Waals surface area contributed by atoms with E-state index in [1.54, 1.807) is 20.3 Å². The zero-order valence-electron chi connectivity index (χ0n) is 15.8. The summed E-state index contributed by atoms with van der Waals surface area (Å²) < 4.78 is 13.4. The van der Waals surface area contributed by atoms with Gasteiger partial charge < -0.3 is 19.9 Å². The maximum absolute atomic E-state index is 12.1. The maximum atomic E-state index is 12.1. The number of nitrogens with zero attached hydrogens (tertiary/aromatic N) is 5. The van der Waals surface area contributed by atoms with Crippen molar-refractivity contribution in [2.24, 2.45) is 0 Å². The summed E-state index contributed by atoms with van der Waals surface area (Å²) in [7, 11) is 2.68. The first-order valence-corrected chi connectivity index (χ1v) is 8.26. The molecule has 0 radical (unpaired) electrons. The van der Waals surface area contributed by atoms with Crippen LogP contribution in [0.5, 0.6) is 0 Å². The van der Waals surface area contributed by atoms with E-state index in [1.165, 1.54) is 22.0 Å². The highest BCUT2D eigenvalue weighted by molar-refractivity contribution is 6.61. The first-order valence-electron chi connectivity index (χ1n) is 8.26. The van der Waals surface area contributed by atoms with Crippen molar-refractivity contribution in [1.82, 2.24) is 24.6 Å². The number of anilines is 1. The van der Waals surface area contributed by atoms with Gasteiger partial charge in [0.05, 0.1) is 28.6 Å². The summed E-state index contributed by atoms with van der Waals surface area (Å²) in [5, 5.41) is 4.18. The quantitative estimate of drug-likeness (QED) is 0.783. The molecule has 2 aromatic rings. The highest BCUT2D eigenvalue weighted by Crippen LogP contribution is 2.36. The van der Waals surface area contributed by atoms with Crippen molar-refractivity contribution in [2.75, 3.05) is 19.8 Å². The predicted molar refractivity (Wildman–Crippen MR) is 97.3 cm³/mol. The van der Waals surface area contributed by atoms with E-state index in [2.05, 4.69) is 15.1 Å². The molecular formula is C16H23BN6O3. The number of nitrogen functional groups attached to an aromatic ring is 1. The minimum Gasteiger partial charge on any atom is -0.398 e. The van der Waals surface area contributed by atoms with Gasteiger partial charge >= 0.3 is 7.12 Å². The normalized spacial score (nSPS) is 18.2. The minimum absolute atomic E-state index is 0.162. The number of carbonyl (C=O) groups excluding carboxylic acids is 1. The zero-order chi connectivity index (χ0) is 19.3. The van der Waals surface area contributed by atoms with Crippen molar-refractivity contribution >= 4 is 24.4 Å². The van der Waals surface area contributed by atoms with Crippen molar-refractivity contribution in [3.05, 3.63) is 24.2 Å². The van der Waals surface area contributed by atoms with Gasteiger partial charge in [0.1, 0.15) is 0 Å². The number of carbonyl (C=O) groups is 1. The van der Waals surface area contributed by atoms with Gasteiger partial charge in [0, 0.05) is 26.5 Å². The van der Waals surface area contributed by atoms with Crippen LogP contribution < -0.4 is 11.3 Å². The maximum Gasteiger partial charge on any atom is 0.516 e. The first kappa shape index (κ1) is 18.3. The third kappa shape index (κ3) is 3.06. The topological polar surface area (TPSA) is 108 Å². The van der Waals surface area contributed by atoms with Crippen LogP contribution in [-0.2, 0) is 9.31 Å². The van der Waals surface area contributed by atoms with Crippen molar-refractivity contribution in [1.29, 1.82) is 0 Å². The van der Waals surface area contributed by atoms with Crippen LogP contribution in [0.25, 0.3) is 5.82 Å². The lowest BCUT2D eigenvalue weighted by molar-refractivity contribution is 0.00578. The predicted octanol–water partition coefficient (Wildman–Crippen LogP) is 0.246. The Morgan fingerprint density at radius 2 is 1.81 bits per heavy atom. The fourth-order valence-corrected chi connectivity index (χ4v) is 2.46. The summed E-state index contributed by atoms with van der Waals surface area (Å²) in [4.78, 5) is 22.2. The summed E-state index contributed by atoms with van der Waals surface area (Å²) in [5.41, 5.74) is 5.90. The molecule has 0 spiro atoms. The second-order valence-corrected chi connectivity index (χ2v) is 7.47. The Bertz CT molecular complexity index is 832. The van der Waals surface area contributed by atoms with E-state index in [-0.39, 0.29) is 11.7 Å². The molecule has 138 valence electrons. The Morgan fingerprint density at radius 3 is 2.38 bits per heavy atom. The molecule has 2 N–H and O–H groups in total. The second kappa shape index (κ2) is 6.06. The molecule has 1 aliphatic heterocycles. The Balaban J connectivity index is 1.94. The molecule has 0 bridgehead atoms. The Morgan fingerprint density at radius 1 is 1.19 bits per heavy atom. The molecule has 1 amide bonds. The van der Waals surface area contributed by atoms with Crippen molar-refractivity contribution in [3.63, 3.8) is 0 Å². The summed E-state index contributed by atoms with van der Waals surface area (Å²) in [6.07, 6.45) is 4.55. The van der Waals surface area contributed by atoms with Gasteiger partial charge in [0.15, 0.2) is 11.6 Å². The molecule has 1 saturated heterocycles. The third-order valence-corrected chi connectivity index (χ3v) is 4.75. The largest absolute Gasteiger partial charge is 0.516 e. The molecule has 2 aromatic heterocycles. The van der Waals surface area contributed by atoms with Crippen LogP contribution in [0.3, 0.4) is 0 Å². The molecule has 0 atom stereocenters. The number of amides is 1. The molecule has 0 aromatic carbocycles. The van der Waals surface area contributed by atoms with Crippen LogP contribution in [-0.4, -0.2) is 63.0 Å². The number of rotatable bonds is 3. The lowest BCUT2D eigenvalue weighted by Gasteiger charge is -2.32. The molecule has 9 nitrogen and oxygen atoms in total. The van der Waals surface area contributed by atoms with Gasteiger partial charge in [-0.15, -0.1) is 0 Å². The van der Waals surface area contributed by atoms with E-state index in [0.29, 0.717) is 17.0 Å². The van der Waals surface area contributed by atoms with E-state index < -0.39 is 18.3 Å². The van der Waals surface area contributed by atoms with Crippen molar-refractivity contribution < 1.29 is 14.1 Å². The van der Waals surface area contributed by atoms with E-state index in [1.807, 2.05) is 27.7 Å². The van der Waals surface area contributed by atoms with E-state index in [9.17, 15) is 4.79 Å². The van der Waals surface area contributed by atoms with Crippen molar-refractivity contribution in [3.8, 4) is 5.82 Å². The molecule has 0 aliphatic carbocycles. The van der Waals surface area contributed by atoms with Crippen LogP contribution in [0.2, 0.25) is 0 Å². The zero-order valence-corrected chi connectivity index (χ0v) is 15.8. The molecule has 1 aliphatic rings. The van der Waals surface area contributed by atoms with E-state index in [0.717, 1.165) is 0 Å². The summed E-state index contributed by atoms with van der Waals surface area (Å²) in [5.74, 6) is 0.345. The summed E-state index contributed by atoms with van der Waals surface area (Å²) in [6.45, 7) is 7.85. The van der Waals surface area contributed by atoms with Gasteiger partial charge in [-0.1, -0.05) is 0 Å². The lowest BCUT2D eigenvalue weighted by atomic mass is 9.85. The van der Waals surface area contributed by atoms with Gasteiger partial charge in [-0.05, 0) is 27.7 Å². The molecule has 10 heteroatoms. The fourth-order valence-electron chi connectivity index (χ4n) is 2.46. The van der Waals surface area contributed by atoms with Crippen LogP contribution in [0.15, 0.2) is 18.6 Å². The van der Waals surface area contributed by atoms with Crippen LogP contribution in [0.1, 0.15) is 38.1 Å². The van der Waals surface area contributed by atoms with Crippen LogP contribution in [0, 0.1) is 0 Å². The Kier molecular flexibility index (Phi) is 4.28. The number of nitrogens with two attached hydrogens (primary N) is 1. The second-order valence-electron chi connectivity index (χ2n) is 7.47. The van der Waals surface area contributed by atoms with Gasteiger partial charge in [0.2, 0.25) is 0 Å². The monoisotopic (exact) mass is 358 g/mol. The van der Waals surface area contributed by atoms with Crippen LogP contribution in [0.4, 0.5) is 5.82 Å².